The van der Waals surface area contributed by atoms with Crippen molar-refractivity contribution in [3.05, 3.63) is 52.1 Å². The quantitative estimate of drug-likeness (QED) is 0.877. The van der Waals surface area contributed by atoms with Crippen molar-refractivity contribution in [3.63, 3.8) is 0 Å². The Labute approximate surface area is 117 Å². The molecule has 0 radical (unpaired) electrons. The second-order valence-electron chi connectivity index (χ2n) is 4.60. The van der Waals surface area contributed by atoms with E-state index in [0.717, 1.165) is 17.0 Å². The molecule has 0 saturated heterocycles. The zero-order chi connectivity index (χ0) is 14.2. The minimum atomic E-state index is -0.361. The predicted molar refractivity (Wildman–Crippen MR) is 77.8 cm³/mol. The van der Waals surface area contributed by atoms with Crippen molar-refractivity contribution in [3.8, 4) is 0 Å². The van der Waals surface area contributed by atoms with E-state index in [9.17, 15) is 4.39 Å². The lowest BCUT2D eigenvalue weighted by molar-refractivity contribution is 0.577. The van der Waals surface area contributed by atoms with Crippen molar-refractivity contribution in [2.45, 2.75) is 27.3 Å². The molecule has 100 valence electrons. The summed E-state index contributed by atoms with van der Waals surface area (Å²) in [6.45, 7) is 6.31. The number of benzene rings is 1. The lowest BCUT2D eigenvalue weighted by Gasteiger charge is -2.09. The van der Waals surface area contributed by atoms with Gasteiger partial charge in [-0.05, 0) is 32.4 Å². The number of rotatable bonds is 3. The summed E-state index contributed by atoms with van der Waals surface area (Å²) in [7, 11) is 0. The van der Waals surface area contributed by atoms with Gasteiger partial charge >= 0.3 is 0 Å². The van der Waals surface area contributed by atoms with Gasteiger partial charge in [0.1, 0.15) is 10.8 Å². The number of halogens is 1. The van der Waals surface area contributed by atoms with E-state index in [2.05, 4.69) is 5.10 Å². The van der Waals surface area contributed by atoms with Crippen molar-refractivity contribution < 1.29 is 4.39 Å². The van der Waals surface area contributed by atoms with Gasteiger partial charge in [-0.25, -0.2) is 4.39 Å². The van der Waals surface area contributed by atoms with E-state index in [0.29, 0.717) is 12.1 Å². The maximum absolute atomic E-state index is 14.2. The maximum Gasteiger partial charge on any atom is 0.138 e. The Bertz CT molecular complexity index is 646. The van der Waals surface area contributed by atoms with Gasteiger partial charge in [0.25, 0.3) is 0 Å². The van der Waals surface area contributed by atoms with E-state index in [1.807, 2.05) is 20.8 Å². The number of nitrogens with two attached hydrogens (primary N) is 1. The van der Waals surface area contributed by atoms with Crippen molar-refractivity contribution in [2.75, 3.05) is 0 Å². The Kier molecular flexibility index (Phi) is 3.66. The topological polar surface area (TPSA) is 43.8 Å². The third kappa shape index (κ3) is 2.51. The zero-order valence-corrected chi connectivity index (χ0v) is 12.0. The van der Waals surface area contributed by atoms with Gasteiger partial charge in [0.05, 0.1) is 12.2 Å². The fourth-order valence-electron chi connectivity index (χ4n) is 1.99. The Morgan fingerprint density at radius 1 is 1.37 bits per heavy atom. The molecule has 2 rings (SSSR count). The van der Waals surface area contributed by atoms with Gasteiger partial charge in [0.15, 0.2) is 0 Å². The molecule has 0 aliphatic heterocycles. The first-order valence-electron chi connectivity index (χ1n) is 5.99. The first-order valence-corrected chi connectivity index (χ1v) is 6.40. The van der Waals surface area contributed by atoms with Crippen molar-refractivity contribution in [2.24, 2.45) is 5.73 Å². The summed E-state index contributed by atoms with van der Waals surface area (Å²) < 4.78 is 16.0. The number of aromatic nitrogens is 2. The van der Waals surface area contributed by atoms with Crippen LogP contribution in [-0.2, 0) is 6.54 Å². The maximum atomic E-state index is 14.2. The summed E-state index contributed by atoms with van der Waals surface area (Å²) in [4.78, 5) is 0.0731. The zero-order valence-electron chi connectivity index (χ0n) is 11.2. The second kappa shape index (κ2) is 5.09. The molecule has 19 heavy (non-hydrogen) atoms. The van der Waals surface area contributed by atoms with Crippen molar-refractivity contribution in [1.82, 2.24) is 9.78 Å². The van der Waals surface area contributed by atoms with Crippen LogP contribution in [0.15, 0.2) is 18.2 Å². The van der Waals surface area contributed by atoms with Gasteiger partial charge in [-0.15, -0.1) is 0 Å². The highest BCUT2D eigenvalue weighted by atomic mass is 32.1. The van der Waals surface area contributed by atoms with Gasteiger partial charge < -0.3 is 5.73 Å². The highest BCUT2D eigenvalue weighted by Gasteiger charge is 2.13. The summed E-state index contributed by atoms with van der Waals surface area (Å²) in [5.74, 6) is -0.361. The van der Waals surface area contributed by atoms with Crippen LogP contribution < -0.4 is 5.73 Å². The van der Waals surface area contributed by atoms with Crippen LogP contribution in [-0.4, -0.2) is 14.8 Å². The molecule has 5 heteroatoms. The van der Waals surface area contributed by atoms with Gasteiger partial charge in [-0.3, -0.25) is 4.68 Å². The fraction of sp³-hybridized carbons (Fsp3) is 0.286. The molecule has 0 bridgehead atoms. The van der Waals surface area contributed by atoms with E-state index in [1.165, 1.54) is 0 Å². The molecule has 0 saturated carbocycles. The Hall–Kier alpha value is -1.75. The van der Waals surface area contributed by atoms with Crippen LogP contribution >= 0.6 is 12.2 Å². The molecule has 0 aliphatic carbocycles. The molecule has 0 amide bonds. The molecule has 0 aliphatic rings. The van der Waals surface area contributed by atoms with Crippen LogP contribution in [0, 0.1) is 26.6 Å². The Balaban J connectivity index is 2.41. The normalized spacial score (nSPS) is 10.7. The average Bonchev–Trinajstić information content (AvgIpc) is 2.59. The molecule has 1 aromatic heterocycles. The Morgan fingerprint density at radius 2 is 2.05 bits per heavy atom. The minimum absolute atomic E-state index is 0.0731. The fourth-order valence-corrected chi connectivity index (χ4v) is 2.15. The SMILES string of the molecule is Cc1nn(Cc2cccc(C(N)=S)c2F)c(C)c1C. The first-order chi connectivity index (χ1) is 8.91. The van der Waals surface area contributed by atoms with E-state index < -0.39 is 0 Å². The van der Waals surface area contributed by atoms with Gasteiger partial charge in [-0.2, -0.15) is 5.10 Å². The standard InChI is InChI=1S/C14H16FN3S/c1-8-9(2)17-18(10(8)3)7-11-5-4-6-12(13(11)15)14(16)19/h4-6H,7H2,1-3H3,(H2,16,19). The van der Waals surface area contributed by atoms with E-state index in [1.54, 1.807) is 22.9 Å². The highest BCUT2D eigenvalue weighted by Crippen LogP contribution is 2.17. The lowest BCUT2D eigenvalue weighted by atomic mass is 10.1. The molecule has 1 aromatic carbocycles. The van der Waals surface area contributed by atoms with Crippen molar-refractivity contribution >= 4 is 17.2 Å². The van der Waals surface area contributed by atoms with E-state index in [-0.39, 0.29) is 16.4 Å². The van der Waals surface area contributed by atoms with E-state index in [4.69, 9.17) is 18.0 Å². The van der Waals surface area contributed by atoms with Gasteiger partial charge in [0, 0.05) is 16.8 Å². The van der Waals surface area contributed by atoms with Crippen LogP contribution in [0.3, 0.4) is 0 Å². The molecule has 0 atom stereocenters. The average molecular weight is 277 g/mol. The number of nitrogens with zero attached hydrogens (tertiary/aromatic N) is 2. The first kappa shape index (κ1) is 13.7. The monoisotopic (exact) mass is 277 g/mol. The number of thiocarbonyl (C=S) groups is 1. The molecule has 2 aromatic rings. The summed E-state index contributed by atoms with van der Waals surface area (Å²) in [6.07, 6.45) is 0. The van der Waals surface area contributed by atoms with Crippen LogP contribution in [0.25, 0.3) is 0 Å². The van der Waals surface area contributed by atoms with Crippen molar-refractivity contribution in [1.29, 1.82) is 0 Å². The minimum Gasteiger partial charge on any atom is -0.389 e. The Morgan fingerprint density at radius 3 is 2.58 bits per heavy atom. The van der Waals surface area contributed by atoms with Crippen LogP contribution in [0.1, 0.15) is 28.1 Å². The lowest BCUT2D eigenvalue weighted by Crippen LogP contribution is -2.14. The highest BCUT2D eigenvalue weighted by molar-refractivity contribution is 7.80. The molecule has 0 fully saturated rings. The van der Waals surface area contributed by atoms with Gasteiger partial charge in [-0.1, -0.05) is 24.4 Å². The number of aryl methyl sites for hydroxylation is 1. The molecule has 3 nitrogen and oxygen atoms in total. The smallest absolute Gasteiger partial charge is 0.138 e. The van der Waals surface area contributed by atoms with Gasteiger partial charge in [0.2, 0.25) is 0 Å². The largest absolute Gasteiger partial charge is 0.389 e. The summed E-state index contributed by atoms with van der Waals surface area (Å²) in [5.41, 5.74) is 9.46. The molecular formula is C14H16FN3S. The molecule has 0 spiro atoms. The van der Waals surface area contributed by atoms with E-state index >= 15 is 0 Å². The summed E-state index contributed by atoms with van der Waals surface area (Å²) in [6, 6.07) is 5.07. The number of hydrogen-bond acceptors (Lipinski definition) is 2. The van der Waals surface area contributed by atoms with Crippen LogP contribution in [0.5, 0.6) is 0 Å². The number of hydrogen-bond donors (Lipinski definition) is 1. The third-order valence-corrected chi connectivity index (χ3v) is 3.63. The summed E-state index contributed by atoms with van der Waals surface area (Å²) >= 11 is 4.84. The second-order valence-corrected chi connectivity index (χ2v) is 5.04. The molecular weight excluding hydrogens is 261 g/mol. The third-order valence-electron chi connectivity index (χ3n) is 3.41. The summed E-state index contributed by atoms with van der Waals surface area (Å²) in [5, 5.41) is 4.41. The molecule has 0 unspecified atom stereocenters. The van der Waals surface area contributed by atoms with Crippen LogP contribution in [0.2, 0.25) is 0 Å². The molecule has 1 heterocycles. The van der Waals surface area contributed by atoms with Crippen LogP contribution in [0.4, 0.5) is 4.39 Å². The predicted octanol–water partition coefficient (Wildman–Crippen LogP) is 2.63. The molecule has 2 N–H and O–H groups in total.